The number of hydrogen-bond donors (Lipinski definition) is 1. The lowest BCUT2D eigenvalue weighted by Crippen LogP contribution is -2.43. The van der Waals surface area contributed by atoms with Gasteiger partial charge in [0.25, 0.3) is 5.91 Å². The molecule has 16 heavy (non-hydrogen) atoms. The van der Waals surface area contributed by atoms with E-state index in [-0.39, 0.29) is 11.9 Å². The summed E-state index contributed by atoms with van der Waals surface area (Å²) in [5.74, 6) is 0.526. The van der Waals surface area contributed by atoms with Crippen molar-refractivity contribution < 1.29 is 9.59 Å². The summed E-state index contributed by atoms with van der Waals surface area (Å²) >= 11 is 5.56. The Balaban J connectivity index is 2.48. The van der Waals surface area contributed by atoms with Crippen LogP contribution in [0.3, 0.4) is 0 Å². The summed E-state index contributed by atoms with van der Waals surface area (Å²) in [5.41, 5.74) is -0.705. The molecule has 0 bridgehead atoms. The SMILES string of the molecule is CCC1(C)NC(=O)N(CCCCCCl)C1=O. The van der Waals surface area contributed by atoms with E-state index in [1.165, 1.54) is 4.90 Å². The fourth-order valence-corrected chi connectivity index (χ4v) is 1.92. The second kappa shape index (κ2) is 5.53. The Morgan fingerprint density at radius 2 is 2.00 bits per heavy atom. The Morgan fingerprint density at radius 3 is 2.50 bits per heavy atom. The smallest absolute Gasteiger partial charge is 0.323 e. The topological polar surface area (TPSA) is 49.4 Å². The lowest BCUT2D eigenvalue weighted by Gasteiger charge is -2.19. The molecule has 1 aliphatic rings. The molecular formula is C11H19ClN2O2. The van der Waals surface area contributed by atoms with Gasteiger partial charge in [-0.25, -0.2) is 4.79 Å². The Labute approximate surface area is 101 Å². The molecule has 1 N–H and O–H groups in total. The number of carbonyl (C=O) groups excluding carboxylic acids is 2. The number of amides is 3. The van der Waals surface area contributed by atoms with Gasteiger partial charge >= 0.3 is 6.03 Å². The molecule has 4 nitrogen and oxygen atoms in total. The maximum atomic E-state index is 11.9. The largest absolute Gasteiger partial charge is 0.325 e. The predicted octanol–water partition coefficient (Wildman–Crippen LogP) is 2.12. The number of alkyl halides is 1. The van der Waals surface area contributed by atoms with Crippen LogP contribution in [-0.4, -0.2) is 34.8 Å². The van der Waals surface area contributed by atoms with E-state index < -0.39 is 5.54 Å². The highest BCUT2D eigenvalue weighted by atomic mass is 35.5. The van der Waals surface area contributed by atoms with E-state index in [2.05, 4.69) is 5.32 Å². The zero-order chi connectivity index (χ0) is 12.2. The molecule has 0 aromatic rings. The third-order valence-electron chi connectivity index (χ3n) is 3.07. The summed E-state index contributed by atoms with van der Waals surface area (Å²) in [5, 5.41) is 2.73. The fraction of sp³-hybridized carbons (Fsp3) is 0.818. The van der Waals surface area contributed by atoms with Crippen molar-refractivity contribution >= 4 is 23.5 Å². The van der Waals surface area contributed by atoms with Gasteiger partial charge in [0.05, 0.1) is 0 Å². The number of imide groups is 1. The van der Waals surface area contributed by atoms with Gasteiger partial charge in [-0.3, -0.25) is 9.69 Å². The van der Waals surface area contributed by atoms with E-state index in [4.69, 9.17) is 11.6 Å². The first-order valence-corrected chi connectivity index (χ1v) is 6.28. The zero-order valence-corrected chi connectivity index (χ0v) is 10.6. The third-order valence-corrected chi connectivity index (χ3v) is 3.33. The van der Waals surface area contributed by atoms with E-state index in [1.54, 1.807) is 6.92 Å². The van der Waals surface area contributed by atoms with Crippen molar-refractivity contribution in [2.45, 2.75) is 45.1 Å². The van der Waals surface area contributed by atoms with Gasteiger partial charge in [0, 0.05) is 12.4 Å². The maximum Gasteiger partial charge on any atom is 0.325 e. The fourth-order valence-electron chi connectivity index (χ4n) is 1.73. The second-order valence-electron chi connectivity index (χ2n) is 4.32. The minimum Gasteiger partial charge on any atom is -0.323 e. The standard InChI is InChI=1S/C11H19ClN2O2/c1-3-11(2)9(15)14(10(16)13-11)8-6-4-5-7-12/h3-8H2,1-2H3,(H,13,16). The number of halogens is 1. The molecule has 0 saturated carbocycles. The molecule has 1 fully saturated rings. The number of urea groups is 1. The predicted molar refractivity (Wildman–Crippen MR) is 63.5 cm³/mol. The molecule has 0 spiro atoms. The van der Waals surface area contributed by atoms with Crippen LogP contribution in [0.2, 0.25) is 0 Å². The molecule has 1 rings (SSSR count). The highest BCUT2D eigenvalue weighted by Gasteiger charge is 2.45. The first-order valence-electron chi connectivity index (χ1n) is 5.75. The molecule has 3 amide bonds. The van der Waals surface area contributed by atoms with Crippen LogP contribution in [0.4, 0.5) is 4.79 Å². The molecule has 92 valence electrons. The molecule has 0 radical (unpaired) electrons. The number of nitrogens with zero attached hydrogens (tertiary/aromatic N) is 1. The van der Waals surface area contributed by atoms with Gasteiger partial charge < -0.3 is 5.32 Å². The molecule has 0 aromatic carbocycles. The first kappa shape index (κ1) is 13.3. The van der Waals surface area contributed by atoms with Crippen LogP contribution >= 0.6 is 11.6 Å². The van der Waals surface area contributed by atoms with Gasteiger partial charge in [0.15, 0.2) is 0 Å². The molecule has 1 saturated heterocycles. The Kier molecular flexibility index (Phi) is 4.59. The summed E-state index contributed by atoms with van der Waals surface area (Å²) < 4.78 is 0. The summed E-state index contributed by atoms with van der Waals surface area (Å²) in [6.45, 7) is 4.16. The van der Waals surface area contributed by atoms with Crippen LogP contribution < -0.4 is 5.32 Å². The molecule has 1 heterocycles. The van der Waals surface area contributed by atoms with Crippen LogP contribution in [0, 0.1) is 0 Å². The normalized spacial score (nSPS) is 25.1. The zero-order valence-electron chi connectivity index (χ0n) is 9.88. The van der Waals surface area contributed by atoms with Crippen LogP contribution in [-0.2, 0) is 4.79 Å². The quantitative estimate of drug-likeness (QED) is 0.443. The van der Waals surface area contributed by atoms with Crippen molar-refractivity contribution in [1.29, 1.82) is 0 Å². The molecular weight excluding hydrogens is 228 g/mol. The molecule has 1 atom stereocenters. The summed E-state index contributed by atoms with van der Waals surface area (Å²) in [7, 11) is 0. The number of unbranched alkanes of at least 4 members (excludes halogenated alkanes) is 2. The molecule has 1 aliphatic heterocycles. The molecule has 5 heteroatoms. The van der Waals surface area contributed by atoms with E-state index in [0.29, 0.717) is 18.8 Å². The van der Waals surface area contributed by atoms with Crippen molar-refractivity contribution in [3.8, 4) is 0 Å². The average Bonchev–Trinajstić information content (AvgIpc) is 2.48. The van der Waals surface area contributed by atoms with E-state index in [0.717, 1.165) is 19.3 Å². The van der Waals surface area contributed by atoms with E-state index in [9.17, 15) is 9.59 Å². The summed E-state index contributed by atoms with van der Waals surface area (Å²) in [6, 6.07) is -0.264. The lowest BCUT2D eigenvalue weighted by molar-refractivity contribution is -0.130. The van der Waals surface area contributed by atoms with Gasteiger partial charge in [0.2, 0.25) is 0 Å². The van der Waals surface area contributed by atoms with Gasteiger partial charge in [-0.05, 0) is 26.2 Å². The minimum absolute atomic E-state index is 0.106. The van der Waals surface area contributed by atoms with Crippen molar-refractivity contribution in [3.63, 3.8) is 0 Å². The van der Waals surface area contributed by atoms with Crippen LogP contribution in [0.15, 0.2) is 0 Å². The third kappa shape index (κ3) is 2.67. The monoisotopic (exact) mass is 246 g/mol. The van der Waals surface area contributed by atoms with Crippen molar-refractivity contribution in [1.82, 2.24) is 10.2 Å². The minimum atomic E-state index is -0.705. The maximum absolute atomic E-state index is 11.9. The number of carbonyl (C=O) groups is 2. The highest BCUT2D eigenvalue weighted by Crippen LogP contribution is 2.21. The highest BCUT2D eigenvalue weighted by molar-refractivity contribution is 6.17. The Bertz CT molecular complexity index is 283. The number of hydrogen-bond acceptors (Lipinski definition) is 2. The van der Waals surface area contributed by atoms with Crippen LogP contribution in [0.25, 0.3) is 0 Å². The van der Waals surface area contributed by atoms with Gasteiger partial charge in [-0.2, -0.15) is 0 Å². The molecule has 0 aliphatic carbocycles. The average molecular weight is 247 g/mol. The number of rotatable bonds is 6. The summed E-state index contributed by atoms with van der Waals surface area (Å²) in [6.07, 6.45) is 3.32. The van der Waals surface area contributed by atoms with E-state index >= 15 is 0 Å². The van der Waals surface area contributed by atoms with Crippen molar-refractivity contribution in [2.75, 3.05) is 12.4 Å². The van der Waals surface area contributed by atoms with Gasteiger partial charge in [0.1, 0.15) is 5.54 Å². The molecule has 1 unspecified atom stereocenters. The second-order valence-corrected chi connectivity index (χ2v) is 4.70. The van der Waals surface area contributed by atoms with Gasteiger partial charge in [-0.1, -0.05) is 13.3 Å². The van der Waals surface area contributed by atoms with Gasteiger partial charge in [-0.15, -0.1) is 11.6 Å². The van der Waals surface area contributed by atoms with Crippen molar-refractivity contribution in [2.24, 2.45) is 0 Å². The Hall–Kier alpha value is -0.770. The lowest BCUT2D eigenvalue weighted by atomic mass is 9.99. The summed E-state index contributed by atoms with van der Waals surface area (Å²) in [4.78, 5) is 24.9. The van der Waals surface area contributed by atoms with Crippen LogP contribution in [0.1, 0.15) is 39.5 Å². The molecule has 0 aromatic heterocycles. The Morgan fingerprint density at radius 1 is 1.31 bits per heavy atom. The number of nitrogens with one attached hydrogen (secondary N) is 1. The van der Waals surface area contributed by atoms with E-state index in [1.807, 2.05) is 6.92 Å². The van der Waals surface area contributed by atoms with Crippen molar-refractivity contribution in [3.05, 3.63) is 0 Å². The van der Waals surface area contributed by atoms with Crippen LogP contribution in [0.5, 0.6) is 0 Å². The first-order chi connectivity index (χ1) is 7.55.